The number of carbonyl (C=O) groups excluding carboxylic acids is 1. The van der Waals surface area contributed by atoms with E-state index >= 15 is 0 Å². The Hall–Kier alpha value is -2.97. The van der Waals surface area contributed by atoms with Crippen molar-refractivity contribution >= 4 is 56.9 Å². The molecule has 0 aliphatic carbocycles. The van der Waals surface area contributed by atoms with Gasteiger partial charge in [0.2, 0.25) is 0 Å². The van der Waals surface area contributed by atoms with Crippen LogP contribution in [0.25, 0.3) is 17.0 Å². The highest BCUT2D eigenvalue weighted by atomic mass is 32.2. The zero-order valence-corrected chi connectivity index (χ0v) is 16.5. The topological polar surface area (TPSA) is 68.4 Å². The van der Waals surface area contributed by atoms with Gasteiger partial charge in [0, 0.05) is 41.3 Å². The standard InChI is InChI=1S/C20H15N3O3S2/c1-21-19(24)18(28-20(21)27)10-14-12-22(17-9-5-3-7-15(14)17)11-13-6-2-4-8-16(13)23(25)26/h2-10,12H,11H2,1H3/b18-10+. The molecular weight excluding hydrogens is 394 g/mol. The molecule has 1 aromatic heterocycles. The molecule has 8 heteroatoms. The largest absolute Gasteiger partial charge is 0.342 e. The normalized spacial score (nSPS) is 15.8. The average Bonchev–Trinajstić information content (AvgIpc) is 3.15. The minimum Gasteiger partial charge on any atom is -0.342 e. The van der Waals surface area contributed by atoms with Crippen molar-refractivity contribution in [2.45, 2.75) is 6.54 Å². The number of nitrogens with zero attached hydrogens (tertiary/aromatic N) is 3. The van der Waals surface area contributed by atoms with Gasteiger partial charge in [-0.2, -0.15) is 0 Å². The Kier molecular flexibility index (Phi) is 4.74. The van der Waals surface area contributed by atoms with Gasteiger partial charge in [-0.05, 0) is 12.1 Å². The smallest absolute Gasteiger partial charge is 0.274 e. The molecule has 6 nitrogen and oxygen atoms in total. The Morgan fingerprint density at radius 2 is 1.89 bits per heavy atom. The van der Waals surface area contributed by atoms with Crippen molar-refractivity contribution in [3.8, 4) is 0 Å². The fraction of sp³-hybridized carbons (Fsp3) is 0.100. The minimum absolute atomic E-state index is 0.0914. The summed E-state index contributed by atoms with van der Waals surface area (Å²) < 4.78 is 2.50. The van der Waals surface area contributed by atoms with Crippen LogP contribution >= 0.6 is 24.0 Å². The third-order valence-corrected chi connectivity index (χ3v) is 6.11. The molecule has 0 spiro atoms. The number of benzene rings is 2. The van der Waals surface area contributed by atoms with Gasteiger partial charge >= 0.3 is 0 Å². The first-order chi connectivity index (χ1) is 13.5. The van der Waals surface area contributed by atoms with Gasteiger partial charge in [0.1, 0.15) is 4.32 Å². The molecule has 0 radical (unpaired) electrons. The molecular formula is C20H15N3O3S2. The molecule has 4 rings (SSSR count). The van der Waals surface area contributed by atoms with E-state index in [1.165, 1.54) is 22.7 Å². The van der Waals surface area contributed by atoms with Crippen LogP contribution in [0.1, 0.15) is 11.1 Å². The van der Waals surface area contributed by atoms with Crippen molar-refractivity contribution in [2.24, 2.45) is 0 Å². The summed E-state index contributed by atoms with van der Waals surface area (Å²) in [5, 5.41) is 12.3. The number of thiocarbonyl (C=S) groups is 1. The van der Waals surface area contributed by atoms with Crippen LogP contribution in [0.3, 0.4) is 0 Å². The lowest BCUT2D eigenvalue weighted by Gasteiger charge is -2.06. The van der Waals surface area contributed by atoms with Crippen molar-refractivity contribution in [1.29, 1.82) is 0 Å². The quantitative estimate of drug-likeness (QED) is 0.276. The zero-order chi connectivity index (χ0) is 19.8. The van der Waals surface area contributed by atoms with Crippen molar-refractivity contribution < 1.29 is 9.72 Å². The maximum Gasteiger partial charge on any atom is 0.274 e. The molecule has 1 aliphatic heterocycles. The third kappa shape index (κ3) is 3.21. The lowest BCUT2D eigenvalue weighted by atomic mass is 10.1. The van der Waals surface area contributed by atoms with Crippen LogP contribution in [-0.4, -0.2) is 31.7 Å². The highest BCUT2D eigenvalue weighted by Crippen LogP contribution is 2.34. The molecule has 0 saturated carbocycles. The lowest BCUT2D eigenvalue weighted by Crippen LogP contribution is -2.22. The summed E-state index contributed by atoms with van der Waals surface area (Å²) in [5.41, 5.74) is 2.54. The Morgan fingerprint density at radius 3 is 2.61 bits per heavy atom. The van der Waals surface area contributed by atoms with Gasteiger partial charge in [-0.15, -0.1) is 0 Å². The fourth-order valence-electron chi connectivity index (χ4n) is 3.21. The molecule has 1 amide bonds. The van der Waals surface area contributed by atoms with Gasteiger partial charge in [0.25, 0.3) is 11.6 Å². The fourth-order valence-corrected chi connectivity index (χ4v) is 4.38. The van der Waals surface area contributed by atoms with Crippen LogP contribution in [0, 0.1) is 10.1 Å². The number of likely N-dealkylation sites (N-methyl/N-ethyl adjacent to an activating group) is 1. The van der Waals surface area contributed by atoms with E-state index < -0.39 is 0 Å². The summed E-state index contributed by atoms with van der Waals surface area (Å²) in [5.74, 6) is -0.120. The number of carbonyl (C=O) groups is 1. The first-order valence-electron chi connectivity index (χ1n) is 8.47. The Morgan fingerprint density at radius 1 is 1.18 bits per heavy atom. The molecule has 1 fully saturated rings. The Labute approximate surface area is 170 Å². The number of nitro benzene ring substituents is 1. The number of amides is 1. The molecule has 2 aromatic carbocycles. The summed E-state index contributed by atoms with van der Waals surface area (Å²) in [4.78, 5) is 25.3. The maximum atomic E-state index is 12.3. The van der Waals surface area contributed by atoms with E-state index in [1.54, 1.807) is 25.2 Å². The second kappa shape index (κ2) is 7.21. The summed E-state index contributed by atoms with van der Waals surface area (Å²) >= 11 is 6.47. The van der Waals surface area contributed by atoms with E-state index in [9.17, 15) is 14.9 Å². The van der Waals surface area contributed by atoms with Gasteiger partial charge in [0.15, 0.2) is 0 Å². The first kappa shape index (κ1) is 18.4. The number of nitro groups is 1. The predicted molar refractivity (Wildman–Crippen MR) is 115 cm³/mol. The summed E-state index contributed by atoms with van der Waals surface area (Å²) in [6, 6.07) is 14.5. The van der Waals surface area contributed by atoms with E-state index in [-0.39, 0.29) is 16.5 Å². The molecule has 3 aromatic rings. The molecule has 0 bridgehead atoms. The Balaban J connectivity index is 1.79. The van der Waals surface area contributed by atoms with E-state index in [1.807, 2.05) is 41.1 Å². The second-order valence-electron chi connectivity index (χ2n) is 6.36. The van der Waals surface area contributed by atoms with Crippen molar-refractivity contribution in [1.82, 2.24) is 9.47 Å². The third-order valence-electron chi connectivity index (χ3n) is 4.62. The molecule has 0 N–H and O–H groups in total. The van der Waals surface area contributed by atoms with Crippen LogP contribution in [0.4, 0.5) is 5.69 Å². The molecule has 2 heterocycles. The molecule has 1 aliphatic rings. The van der Waals surface area contributed by atoms with Crippen LogP contribution in [0.15, 0.2) is 59.6 Å². The average molecular weight is 409 g/mol. The molecule has 28 heavy (non-hydrogen) atoms. The molecule has 0 atom stereocenters. The van der Waals surface area contributed by atoms with Crippen LogP contribution in [0.5, 0.6) is 0 Å². The first-order valence-corrected chi connectivity index (χ1v) is 9.70. The van der Waals surface area contributed by atoms with E-state index in [0.717, 1.165) is 16.5 Å². The SMILES string of the molecule is CN1C(=O)/C(=C\c2cn(Cc3ccccc3[N+](=O)[O-])c3ccccc23)SC1=S. The van der Waals surface area contributed by atoms with Gasteiger partial charge < -0.3 is 4.57 Å². The number of rotatable bonds is 4. The number of hydrogen-bond acceptors (Lipinski definition) is 5. The minimum atomic E-state index is -0.367. The van der Waals surface area contributed by atoms with E-state index in [2.05, 4.69) is 0 Å². The second-order valence-corrected chi connectivity index (χ2v) is 8.03. The van der Waals surface area contributed by atoms with Crippen molar-refractivity contribution in [3.05, 3.63) is 80.9 Å². The molecule has 0 unspecified atom stereocenters. The van der Waals surface area contributed by atoms with E-state index in [0.29, 0.717) is 21.3 Å². The van der Waals surface area contributed by atoms with Crippen LogP contribution < -0.4 is 0 Å². The van der Waals surface area contributed by atoms with Gasteiger partial charge in [-0.1, -0.05) is 60.4 Å². The van der Waals surface area contributed by atoms with Gasteiger partial charge in [0.05, 0.1) is 16.4 Å². The predicted octanol–water partition coefficient (Wildman–Crippen LogP) is 4.43. The number of fused-ring (bicyclic) bond motifs is 1. The Bertz CT molecular complexity index is 1170. The highest BCUT2D eigenvalue weighted by molar-refractivity contribution is 8.26. The van der Waals surface area contributed by atoms with Crippen LogP contribution in [-0.2, 0) is 11.3 Å². The van der Waals surface area contributed by atoms with Gasteiger partial charge in [-0.25, -0.2) is 0 Å². The van der Waals surface area contributed by atoms with Gasteiger partial charge in [-0.3, -0.25) is 19.8 Å². The van der Waals surface area contributed by atoms with Crippen molar-refractivity contribution in [3.63, 3.8) is 0 Å². The highest BCUT2D eigenvalue weighted by Gasteiger charge is 2.29. The molecule has 140 valence electrons. The van der Waals surface area contributed by atoms with E-state index in [4.69, 9.17) is 12.2 Å². The summed E-state index contributed by atoms with van der Waals surface area (Å²) in [6.45, 7) is 0.361. The maximum absolute atomic E-state index is 12.3. The summed E-state index contributed by atoms with van der Waals surface area (Å²) in [7, 11) is 1.66. The lowest BCUT2D eigenvalue weighted by molar-refractivity contribution is -0.385. The number of para-hydroxylation sites is 2. The van der Waals surface area contributed by atoms with Crippen LogP contribution in [0.2, 0.25) is 0 Å². The summed E-state index contributed by atoms with van der Waals surface area (Å²) in [6.07, 6.45) is 3.75. The monoisotopic (exact) mass is 409 g/mol. The number of hydrogen-bond donors (Lipinski definition) is 0. The number of aromatic nitrogens is 1. The number of thioether (sulfide) groups is 1. The molecule has 1 saturated heterocycles. The zero-order valence-electron chi connectivity index (χ0n) is 14.9. The van der Waals surface area contributed by atoms with Crippen molar-refractivity contribution in [2.75, 3.05) is 7.05 Å².